The molecule has 0 amide bonds. The van der Waals surface area contributed by atoms with Gasteiger partial charge in [-0.05, 0) is 48.7 Å². The lowest BCUT2D eigenvalue weighted by atomic mass is 10.0. The molecule has 0 N–H and O–H groups in total. The van der Waals surface area contributed by atoms with Crippen molar-refractivity contribution < 1.29 is 0 Å². The van der Waals surface area contributed by atoms with Gasteiger partial charge in [-0.3, -0.25) is 9.80 Å². The molecule has 110 valence electrons. The Balaban J connectivity index is 1.48. The first-order valence-corrected chi connectivity index (χ1v) is 8.33. The zero-order valence-corrected chi connectivity index (χ0v) is 12.7. The van der Waals surface area contributed by atoms with Crippen LogP contribution in [0.1, 0.15) is 24.8 Å². The van der Waals surface area contributed by atoms with Crippen LogP contribution in [0.2, 0.25) is 0 Å². The summed E-state index contributed by atoms with van der Waals surface area (Å²) in [6, 6.07) is 16.3. The van der Waals surface area contributed by atoms with Gasteiger partial charge in [-0.25, -0.2) is 0 Å². The van der Waals surface area contributed by atoms with E-state index in [-0.39, 0.29) is 0 Å². The van der Waals surface area contributed by atoms with Crippen molar-refractivity contribution in [2.45, 2.75) is 31.8 Å². The highest BCUT2D eigenvalue weighted by atomic mass is 15.3. The summed E-state index contributed by atoms with van der Waals surface area (Å²) in [5, 5.41) is 2.79. The standard InChI is InChI=1S/C19H24N2/c1-2-9-19-16(6-1)7-5-8-17(19)14-20-13-10-18(15-20)21-11-3-4-12-21/h1-2,5-9,18H,3-4,10-15H2. The minimum absolute atomic E-state index is 0.808. The second-order valence-corrected chi connectivity index (χ2v) is 6.56. The molecule has 2 aromatic rings. The molecule has 2 aliphatic rings. The van der Waals surface area contributed by atoms with Crippen molar-refractivity contribution in [1.82, 2.24) is 9.80 Å². The van der Waals surface area contributed by atoms with Crippen LogP contribution in [-0.4, -0.2) is 42.0 Å². The molecule has 0 radical (unpaired) electrons. The molecule has 2 nitrogen and oxygen atoms in total. The van der Waals surface area contributed by atoms with E-state index in [2.05, 4.69) is 52.3 Å². The van der Waals surface area contributed by atoms with Gasteiger partial charge >= 0.3 is 0 Å². The maximum atomic E-state index is 2.71. The molecular formula is C19H24N2. The topological polar surface area (TPSA) is 6.48 Å². The molecule has 2 saturated heterocycles. The predicted octanol–water partition coefficient (Wildman–Crippen LogP) is 3.51. The molecule has 2 fully saturated rings. The van der Waals surface area contributed by atoms with Crippen molar-refractivity contribution in [3.63, 3.8) is 0 Å². The van der Waals surface area contributed by atoms with E-state index < -0.39 is 0 Å². The minimum Gasteiger partial charge on any atom is -0.299 e. The van der Waals surface area contributed by atoms with Crippen molar-refractivity contribution in [2.24, 2.45) is 0 Å². The molecule has 1 atom stereocenters. The Hall–Kier alpha value is -1.38. The number of nitrogens with zero attached hydrogens (tertiary/aromatic N) is 2. The second-order valence-electron chi connectivity index (χ2n) is 6.56. The Kier molecular flexibility index (Phi) is 3.66. The van der Waals surface area contributed by atoms with E-state index in [9.17, 15) is 0 Å². The lowest BCUT2D eigenvalue weighted by Crippen LogP contribution is -2.35. The van der Waals surface area contributed by atoms with Crippen molar-refractivity contribution >= 4 is 10.8 Å². The summed E-state index contributed by atoms with van der Waals surface area (Å²) >= 11 is 0. The molecule has 2 aliphatic heterocycles. The van der Waals surface area contributed by atoms with Crippen molar-refractivity contribution in [3.8, 4) is 0 Å². The van der Waals surface area contributed by atoms with E-state index in [1.54, 1.807) is 0 Å². The molecule has 0 aromatic heterocycles. The van der Waals surface area contributed by atoms with Crippen LogP contribution in [0.4, 0.5) is 0 Å². The summed E-state index contributed by atoms with van der Waals surface area (Å²) < 4.78 is 0. The van der Waals surface area contributed by atoms with Crippen molar-refractivity contribution in [3.05, 3.63) is 48.0 Å². The van der Waals surface area contributed by atoms with Gasteiger partial charge in [0.1, 0.15) is 0 Å². The summed E-state index contributed by atoms with van der Waals surface area (Å²) in [7, 11) is 0. The van der Waals surface area contributed by atoms with E-state index >= 15 is 0 Å². The molecular weight excluding hydrogens is 256 g/mol. The van der Waals surface area contributed by atoms with Gasteiger partial charge in [-0.15, -0.1) is 0 Å². The van der Waals surface area contributed by atoms with E-state index in [1.165, 1.54) is 61.8 Å². The molecule has 0 bridgehead atoms. The highest BCUT2D eigenvalue weighted by Gasteiger charge is 2.29. The Bertz CT molecular complexity index is 610. The van der Waals surface area contributed by atoms with E-state index in [4.69, 9.17) is 0 Å². The van der Waals surface area contributed by atoms with Gasteiger partial charge in [0.15, 0.2) is 0 Å². The normalized spacial score (nSPS) is 24.1. The fourth-order valence-corrected chi connectivity index (χ4v) is 4.03. The monoisotopic (exact) mass is 280 g/mol. The van der Waals surface area contributed by atoms with Gasteiger partial charge < -0.3 is 0 Å². The lowest BCUT2D eigenvalue weighted by molar-refractivity contribution is 0.230. The van der Waals surface area contributed by atoms with Crippen LogP contribution in [0.25, 0.3) is 10.8 Å². The Labute approximate surface area is 127 Å². The summed E-state index contributed by atoms with van der Waals surface area (Å²) in [6.07, 6.45) is 4.16. The molecule has 0 spiro atoms. The third-order valence-corrected chi connectivity index (χ3v) is 5.18. The van der Waals surface area contributed by atoms with E-state index in [0.29, 0.717) is 0 Å². The van der Waals surface area contributed by atoms with Crippen LogP contribution < -0.4 is 0 Å². The lowest BCUT2D eigenvalue weighted by Gasteiger charge is -2.24. The number of hydrogen-bond donors (Lipinski definition) is 0. The molecule has 21 heavy (non-hydrogen) atoms. The number of likely N-dealkylation sites (tertiary alicyclic amines) is 2. The largest absolute Gasteiger partial charge is 0.299 e. The first-order chi connectivity index (χ1) is 10.4. The number of fused-ring (bicyclic) bond motifs is 1. The third-order valence-electron chi connectivity index (χ3n) is 5.18. The highest BCUT2D eigenvalue weighted by Crippen LogP contribution is 2.24. The Morgan fingerprint density at radius 3 is 2.62 bits per heavy atom. The van der Waals surface area contributed by atoms with Crippen LogP contribution in [0, 0.1) is 0 Å². The fourth-order valence-electron chi connectivity index (χ4n) is 4.03. The van der Waals surface area contributed by atoms with Gasteiger partial charge in [-0.2, -0.15) is 0 Å². The summed E-state index contributed by atoms with van der Waals surface area (Å²) in [5.41, 5.74) is 1.48. The first-order valence-electron chi connectivity index (χ1n) is 8.33. The third kappa shape index (κ3) is 2.70. The van der Waals surface area contributed by atoms with Gasteiger partial charge in [0, 0.05) is 25.7 Å². The Morgan fingerprint density at radius 1 is 0.905 bits per heavy atom. The maximum absolute atomic E-state index is 2.71. The highest BCUT2D eigenvalue weighted by molar-refractivity contribution is 5.85. The summed E-state index contributed by atoms with van der Waals surface area (Å²) in [4.78, 5) is 5.36. The average molecular weight is 280 g/mol. The van der Waals surface area contributed by atoms with Crippen LogP contribution >= 0.6 is 0 Å². The number of hydrogen-bond acceptors (Lipinski definition) is 2. The van der Waals surface area contributed by atoms with Gasteiger partial charge in [0.2, 0.25) is 0 Å². The van der Waals surface area contributed by atoms with Crippen molar-refractivity contribution in [1.29, 1.82) is 0 Å². The second kappa shape index (κ2) is 5.78. The minimum atomic E-state index is 0.808. The van der Waals surface area contributed by atoms with Crippen LogP contribution in [0.3, 0.4) is 0 Å². The molecule has 0 saturated carbocycles. The predicted molar refractivity (Wildman–Crippen MR) is 88.4 cm³/mol. The maximum Gasteiger partial charge on any atom is 0.0240 e. The van der Waals surface area contributed by atoms with Gasteiger partial charge in [-0.1, -0.05) is 42.5 Å². The van der Waals surface area contributed by atoms with Crippen LogP contribution in [0.15, 0.2) is 42.5 Å². The smallest absolute Gasteiger partial charge is 0.0240 e. The number of rotatable bonds is 3. The fraction of sp³-hybridized carbons (Fsp3) is 0.474. The van der Waals surface area contributed by atoms with Crippen LogP contribution in [0.5, 0.6) is 0 Å². The molecule has 2 aromatic carbocycles. The molecule has 2 heteroatoms. The Morgan fingerprint density at radius 2 is 1.71 bits per heavy atom. The van der Waals surface area contributed by atoms with E-state index in [1.807, 2.05) is 0 Å². The first kappa shape index (κ1) is 13.3. The zero-order valence-electron chi connectivity index (χ0n) is 12.7. The van der Waals surface area contributed by atoms with E-state index in [0.717, 1.165) is 12.6 Å². The molecule has 4 rings (SSSR count). The van der Waals surface area contributed by atoms with Crippen LogP contribution in [-0.2, 0) is 6.54 Å². The van der Waals surface area contributed by atoms with Gasteiger partial charge in [0.05, 0.1) is 0 Å². The van der Waals surface area contributed by atoms with Gasteiger partial charge in [0.25, 0.3) is 0 Å². The quantitative estimate of drug-likeness (QED) is 0.849. The summed E-state index contributed by atoms with van der Waals surface area (Å²) in [6.45, 7) is 6.26. The number of benzene rings is 2. The molecule has 0 aliphatic carbocycles. The zero-order chi connectivity index (χ0) is 14.1. The average Bonchev–Trinajstić information content (AvgIpc) is 3.18. The summed E-state index contributed by atoms with van der Waals surface area (Å²) in [5.74, 6) is 0. The van der Waals surface area contributed by atoms with Crippen molar-refractivity contribution in [2.75, 3.05) is 26.2 Å². The molecule has 1 unspecified atom stereocenters. The molecule has 2 heterocycles. The SMILES string of the molecule is c1ccc2c(CN3CCC(N4CCCC4)C3)cccc2c1.